The summed E-state index contributed by atoms with van der Waals surface area (Å²) in [5.74, 6) is -0.472. The molecule has 0 aliphatic rings. The van der Waals surface area contributed by atoms with Gasteiger partial charge in [-0.2, -0.15) is 0 Å². The highest BCUT2D eigenvalue weighted by molar-refractivity contribution is 5.73. The lowest BCUT2D eigenvalue weighted by molar-refractivity contribution is -0.207. The minimum absolute atomic E-state index is 0.190. The molecular weight excluding hydrogens is 242 g/mol. The fraction of sp³-hybridized carbons (Fsp3) is 0.933. The number of hydrogen-bond acceptors (Lipinski definition) is 4. The van der Waals surface area contributed by atoms with Crippen LogP contribution in [0.15, 0.2) is 0 Å². The average molecular weight is 273 g/mol. The summed E-state index contributed by atoms with van der Waals surface area (Å²) in [5.41, 5.74) is -0.368. The Morgan fingerprint density at radius 2 is 1.74 bits per heavy atom. The summed E-state index contributed by atoms with van der Waals surface area (Å²) in [5, 5.41) is 17.7. The van der Waals surface area contributed by atoms with Crippen molar-refractivity contribution < 1.29 is 14.6 Å². The Kier molecular flexibility index (Phi) is 7.01. The van der Waals surface area contributed by atoms with Crippen LogP contribution in [0.1, 0.15) is 67.7 Å². The fourth-order valence-electron chi connectivity index (χ4n) is 1.81. The Labute approximate surface area is 118 Å². The normalized spacial score (nSPS) is 16.0. The van der Waals surface area contributed by atoms with Gasteiger partial charge in [-0.05, 0) is 47.0 Å². The van der Waals surface area contributed by atoms with E-state index in [1.807, 2.05) is 20.8 Å². The zero-order valence-corrected chi connectivity index (χ0v) is 13.5. The lowest BCUT2D eigenvalue weighted by Crippen LogP contribution is -2.34. The summed E-state index contributed by atoms with van der Waals surface area (Å²) >= 11 is 0. The molecule has 0 bridgehead atoms. The van der Waals surface area contributed by atoms with E-state index in [2.05, 4.69) is 13.8 Å². The quantitative estimate of drug-likeness (QED) is 0.422. The van der Waals surface area contributed by atoms with Crippen molar-refractivity contribution in [3.63, 3.8) is 0 Å². The van der Waals surface area contributed by atoms with Crippen LogP contribution in [0.2, 0.25) is 0 Å². The first kappa shape index (κ1) is 18.4. The predicted octanol–water partition coefficient (Wildman–Crippen LogP) is 3.72. The van der Waals surface area contributed by atoms with Crippen LogP contribution in [-0.2, 0) is 9.47 Å². The van der Waals surface area contributed by atoms with E-state index >= 15 is 0 Å². The smallest absolute Gasteiger partial charge is 0.183 e. The van der Waals surface area contributed by atoms with Crippen LogP contribution >= 0.6 is 0 Å². The Morgan fingerprint density at radius 1 is 1.21 bits per heavy atom. The Morgan fingerprint density at radius 3 is 2.11 bits per heavy atom. The molecular formula is C15H31NO3. The lowest BCUT2D eigenvalue weighted by Gasteiger charge is -2.29. The van der Waals surface area contributed by atoms with Gasteiger partial charge in [0.05, 0.1) is 6.10 Å². The summed E-state index contributed by atoms with van der Waals surface area (Å²) < 4.78 is 11.1. The topological polar surface area (TPSA) is 62.5 Å². The van der Waals surface area contributed by atoms with Gasteiger partial charge in [-0.3, -0.25) is 5.41 Å². The second kappa shape index (κ2) is 7.25. The number of aliphatic hydroxyl groups is 1. The molecule has 0 heterocycles. The second-order valence-corrected chi connectivity index (χ2v) is 6.78. The first-order valence-corrected chi connectivity index (χ1v) is 7.09. The second-order valence-electron chi connectivity index (χ2n) is 6.78. The van der Waals surface area contributed by atoms with Crippen molar-refractivity contribution in [3.8, 4) is 0 Å². The first-order valence-electron chi connectivity index (χ1n) is 7.09. The molecule has 0 aromatic heterocycles. The maximum absolute atomic E-state index is 9.79. The van der Waals surface area contributed by atoms with Crippen LogP contribution in [0.25, 0.3) is 0 Å². The molecule has 4 nitrogen and oxygen atoms in total. The van der Waals surface area contributed by atoms with Gasteiger partial charge < -0.3 is 14.6 Å². The molecule has 19 heavy (non-hydrogen) atoms. The van der Waals surface area contributed by atoms with E-state index < -0.39 is 5.79 Å². The first-order chi connectivity index (χ1) is 8.43. The van der Waals surface area contributed by atoms with Crippen molar-refractivity contribution in [2.75, 3.05) is 0 Å². The molecule has 0 radical (unpaired) electrons. The molecule has 0 aromatic carbocycles. The molecule has 0 aliphatic carbocycles. The minimum atomic E-state index is -1.18. The lowest BCUT2D eigenvalue weighted by atomic mass is 9.99. The van der Waals surface area contributed by atoms with Gasteiger partial charge >= 0.3 is 0 Å². The van der Waals surface area contributed by atoms with Gasteiger partial charge in [0.25, 0.3) is 0 Å². The monoisotopic (exact) mass is 273 g/mol. The van der Waals surface area contributed by atoms with Crippen LogP contribution in [0.4, 0.5) is 0 Å². The molecule has 114 valence electrons. The van der Waals surface area contributed by atoms with Crippen molar-refractivity contribution in [2.45, 2.75) is 85.2 Å². The molecule has 0 saturated heterocycles. The summed E-state index contributed by atoms with van der Waals surface area (Å²) in [6.45, 7) is 13.3. The van der Waals surface area contributed by atoms with Gasteiger partial charge in [0.1, 0.15) is 5.60 Å². The van der Waals surface area contributed by atoms with E-state index in [1.165, 1.54) is 0 Å². The zero-order valence-electron chi connectivity index (χ0n) is 13.5. The van der Waals surface area contributed by atoms with Crippen molar-refractivity contribution >= 4 is 5.90 Å². The third kappa shape index (κ3) is 11.0. The van der Waals surface area contributed by atoms with Gasteiger partial charge in [-0.25, -0.2) is 0 Å². The SMILES string of the molecule is CC[C@@H](C)C[C@H](CC(=N)OC(C)(C)C)OC(C)(C)O. The van der Waals surface area contributed by atoms with Gasteiger partial charge in [0.2, 0.25) is 0 Å². The van der Waals surface area contributed by atoms with Gasteiger partial charge in [0, 0.05) is 6.42 Å². The van der Waals surface area contributed by atoms with Gasteiger partial charge in [-0.15, -0.1) is 0 Å². The maximum Gasteiger partial charge on any atom is 0.183 e. The van der Waals surface area contributed by atoms with E-state index in [1.54, 1.807) is 13.8 Å². The van der Waals surface area contributed by atoms with E-state index in [0.717, 1.165) is 12.8 Å². The van der Waals surface area contributed by atoms with E-state index in [0.29, 0.717) is 12.3 Å². The van der Waals surface area contributed by atoms with Crippen LogP contribution in [0.5, 0.6) is 0 Å². The molecule has 4 heteroatoms. The summed E-state index contributed by atoms with van der Waals surface area (Å²) in [6, 6.07) is 0. The highest BCUT2D eigenvalue weighted by Crippen LogP contribution is 2.21. The zero-order chi connectivity index (χ0) is 15.3. The molecule has 0 saturated carbocycles. The number of ether oxygens (including phenoxy) is 2. The molecule has 0 aromatic rings. The summed E-state index contributed by atoms with van der Waals surface area (Å²) in [6.07, 6.45) is 2.08. The molecule has 0 fully saturated rings. The third-order valence-electron chi connectivity index (χ3n) is 2.66. The molecule has 0 unspecified atom stereocenters. The Bertz CT molecular complexity index is 276. The Hall–Kier alpha value is -0.610. The molecule has 2 atom stereocenters. The molecule has 0 spiro atoms. The predicted molar refractivity (Wildman–Crippen MR) is 78.4 cm³/mol. The largest absolute Gasteiger partial charge is 0.475 e. The summed E-state index contributed by atoms with van der Waals surface area (Å²) in [4.78, 5) is 0. The highest BCUT2D eigenvalue weighted by Gasteiger charge is 2.25. The molecule has 0 rings (SSSR count). The van der Waals surface area contributed by atoms with Crippen LogP contribution in [-0.4, -0.2) is 28.5 Å². The maximum atomic E-state index is 9.79. The third-order valence-corrected chi connectivity index (χ3v) is 2.66. The van der Waals surface area contributed by atoms with Crippen LogP contribution in [0.3, 0.4) is 0 Å². The molecule has 0 amide bonds. The van der Waals surface area contributed by atoms with E-state index in [4.69, 9.17) is 14.9 Å². The highest BCUT2D eigenvalue weighted by atomic mass is 16.6. The van der Waals surface area contributed by atoms with E-state index in [-0.39, 0.29) is 17.6 Å². The van der Waals surface area contributed by atoms with Gasteiger partial charge in [0.15, 0.2) is 11.7 Å². The summed E-state index contributed by atoms with van der Waals surface area (Å²) in [7, 11) is 0. The molecule has 0 aliphatic heterocycles. The van der Waals surface area contributed by atoms with Crippen LogP contribution < -0.4 is 0 Å². The van der Waals surface area contributed by atoms with Crippen molar-refractivity contribution in [3.05, 3.63) is 0 Å². The molecule has 2 N–H and O–H groups in total. The average Bonchev–Trinajstić information content (AvgIpc) is 2.10. The minimum Gasteiger partial charge on any atom is -0.475 e. The standard InChI is InChI=1S/C15H31NO3/c1-8-11(2)9-12(18-15(6,7)17)10-13(16)19-14(3,4)5/h11-12,16-17H,8-10H2,1-7H3/t11-,12-/m1/s1. The van der Waals surface area contributed by atoms with Gasteiger partial charge in [-0.1, -0.05) is 20.3 Å². The number of hydrogen-bond donors (Lipinski definition) is 2. The van der Waals surface area contributed by atoms with Crippen molar-refractivity contribution in [1.82, 2.24) is 0 Å². The number of nitrogens with one attached hydrogen (secondary N) is 1. The van der Waals surface area contributed by atoms with Crippen molar-refractivity contribution in [2.24, 2.45) is 5.92 Å². The number of rotatable bonds is 7. The Balaban J connectivity index is 4.53. The van der Waals surface area contributed by atoms with E-state index in [9.17, 15) is 5.11 Å². The van der Waals surface area contributed by atoms with Crippen molar-refractivity contribution in [1.29, 1.82) is 5.41 Å². The van der Waals surface area contributed by atoms with Crippen LogP contribution in [0, 0.1) is 11.3 Å². The fourth-order valence-corrected chi connectivity index (χ4v) is 1.81.